The molecule has 1 fully saturated rings. The van der Waals surface area contributed by atoms with Gasteiger partial charge >= 0.3 is 6.01 Å². The average molecular weight is 369 g/mol. The van der Waals surface area contributed by atoms with Crippen LogP contribution >= 0.6 is 0 Å². The van der Waals surface area contributed by atoms with Gasteiger partial charge in [0.25, 0.3) is 11.6 Å². The van der Waals surface area contributed by atoms with E-state index in [2.05, 4.69) is 15.0 Å². The molecule has 0 aliphatic carbocycles. The number of hydrogen-bond donors (Lipinski definition) is 0. The number of aryl methyl sites for hydroxylation is 1. The molecule has 0 atom stereocenters. The van der Waals surface area contributed by atoms with Crippen LogP contribution in [0.15, 0.2) is 28.7 Å². The van der Waals surface area contributed by atoms with Crippen molar-refractivity contribution in [3.8, 4) is 23.3 Å². The van der Waals surface area contributed by atoms with E-state index in [0.717, 1.165) is 30.4 Å². The molecule has 7 heteroatoms. The highest BCUT2D eigenvalue weighted by Crippen LogP contribution is 2.30. The SMILES string of the molecule is CCCOc1nc(OC2CCOCC2)nc2oc(-c3cccc(C)c3)nc12. The zero-order chi connectivity index (χ0) is 18.6. The Bertz CT molecular complexity index is 919. The molecule has 0 spiro atoms. The summed E-state index contributed by atoms with van der Waals surface area (Å²) in [4.78, 5) is 13.4. The van der Waals surface area contributed by atoms with Crippen molar-refractivity contribution >= 4 is 11.2 Å². The Morgan fingerprint density at radius 1 is 1.15 bits per heavy atom. The average Bonchev–Trinajstić information content (AvgIpc) is 3.11. The van der Waals surface area contributed by atoms with E-state index in [1.165, 1.54) is 0 Å². The monoisotopic (exact) mass is 369 g/mol. The molecule has 0 unspecified atom stereocenters. The van der Waals surface area contributed by atoms with Gasteiger partial charge in [-0.1, -0.05) is 24.6 Å². The normalized spacial score (nSPS) is 15.2. The molecule has 0 N–H and O–H groups in total. The quantitative estimate of drug-likeness (QED) is 0.651. The molecule has 27 heavy (non-hydrogen) atoms. The van der Waals surface area contributed by atoms with Crippen LogP contribution in [0.25, 0.3) is 22.7 Å². The lowest BCUT2D eigenvalue weighted by atomic mass is 10.1. The number of ether oxygens (including phenoxy) is 3. The Morgan fingerprint density at radius 3 is 2.78 bits per heavy atom. The summed E-state index contributed by atoms with van der Waals surface area (Å²) < 4.78 is 23.0. The van der Waals surface area contributed by atoms with Crippen LogP contribution in [-0.4, -0.2) is 40.9 Å². The summed E-state index contributed by atoms with van der Waals surface area (Å²) in [5.74, 6) is 0.888. The highest BCUT2D eigenvalue weighted by Gasteiger charge is 2.21. The minimum Gasteiger partial charge on any atom is -0.476 e. The van der Waals surface area contributed by atoms with Crippen LogP contribution in [0, 0.1) is 6.92 Å². The summed E-state index contributed by atoms with van der Waals surface area (Å²) in [7, 11) is 0. The van der Waals surface area contributed by atoms with Gasteiger partial charge in [0.1, 0.15) is 6.10 Å². The molecule has 1 aromatic carbocycles. The first-order valence-corrected chi connectivity index (χ1v) is 9.35. The molecule has 0 saturated carbocycles. The van der Waals surface area contributed by atoms with Crippen LogP contribution in [0.2, 0.25) is 0 Å². The Balaban J connectivity index is 1.70. The van der Waals surface area contributed by atoms with Crippen molar-refractivity contribution in [2.24, 2.45) is 0 Å². The molecule has 3 aromatic rings. The van der Waals surface area contributed by atoms with Gasteiger partial charge < -0.3 is 18.6 Å². The zero-order valence-electron chi connectivity index (χ0n) is 15.6. The Kier molecular flexibility index (Phi) is 5.20. The molecular formula is C20H23N3O4. The first-order chi connectivity index (χ1) is 13.2. The molecule has 0 bridgehead atoms. The molecule has 142 valence electrons. The fourth-order valence-electron chi connectivity index (χ4n) is 2.98. The molecule has 3 heterocycles. The second kappa shape index (κ2) is 7.92. The molecule has 1 saturated heterocycles. The smallest absolute Gasteiger partial charge is 0.323 e. The third-order valence-corrected chi connectivity index (χ3v) is 4.35. The van der Waals surface area contributed by atoms with E-state index in [-0.39, 0.29) is 12.1 Å². The number of aromatic nitrogens is 3. The summed E-state index contributed by atoms with van der Waals surface area (Å²) in [5.41, 5.74) is 2.90. The van der Waals surface area contributed by atoms with Gasteiger partial charge in [-0.2, -0.15) is 9.97 Å². The van der Waals surface area contributed by atoms with Crippen LogP contribution in [0.1, 0.15) is 31.7 Å². The molecule has 0 radical (unpaired) electrons. The molecule has 7 nitrogen and oxygen atoms in total. The largest absolute Gasteiger partial charge is 0.476 e. The third kappa shape index (κ3) is 4.03. The number of benzene rings is 1. The van der Waals surface area contributed by atoms with Crippen molar-refractivity contribution in [2.75, 3.05) is 19.8 Å². The van der Waals surface area contributed by atoms with Gasteiger partial charge in [0.05, 0.1) is 19.8 Å². The second-order valence-corrected chi connectivity index (χ2v) is 6.63. The molecule has 1 aliphatic rings. The van der Waals surface area contributed by atoms with E-state index in [1.807, 2.05) is 38.1 Å². The first kappa shape index (κ1) is 17.7. The van der Waals surface area contributed by atoms with E-state index >= 15 is 0 Å². The van der Waals surface area contributed by atoms with Gasteiger partial charge in [0.15, 0.2) is 5.52 Å². The summed E-state index contributed by atoms with van der Waals surface area (Å²) in [5, 5.41) is 0. The molecule has 4 rings (SSSR count). The molecule has 0 amide bonds. The van der Waals surface area contributed by atoms with Crippen LogP contribution < -0.4 is 9.47 Å². The fraction of sp³-hybridized carbons (Fsp3) is 0.450. The Labute approximate surface area is 157 Å². The predicted octanol–water partition coefficient (Wildman–Crippen LogP) is 3.94. The Hall–Kier alpha value is -2.67. The van der Waals surface area contributed by atoms with E-state index in [1.54, 1.807) is 0 Å². The predicted molar refractivity (Wildman–Crippen MR) is 100 cm³/mol. The summed E-state index contributed by atoms with van der Waals surface area (Å²) >= 11 is 0. The molecule has 1 aliphatic heterocycles. The first-order valence-electron chi connectivity index (χ1n) is 9.35. The number of hydrogen-bond acceptors (Lipinski definition) is 7. The minimum atomic E-state index is 0.0365. The van der Waals surface area contributed by atoms with Crippen molar-refractivity contribution in [3.63, 3.8) is 0 Å². The van der Waals surface area contributed by atoms with Crippen molar-refractivity contribution < 1.29 is 18.6 Å². The van der Waals surface area contributed by atoms with Gasteiger partial charge in [-0.15, -0.1) is 0 Å². The summed E-state index contributed by atoms with van der Waals surface area (Å²) in [6.07, 6.45) is 2.54. The highest BCUT2D eigenvalue weighted by molar-refractivity contribution is 5.77. The van der Waals surface area contributed by atoms with Gasteiger partial charge in [0.2, 0.25) is 5.89 Å². The summed E-state index contributed by atoms with van der Waals surface area (Å²) in [6, 6.07) is 8.23. The maximum atomic E-state index is 5.95. The number of oxazole rings is 1. The highest BCUT2D eigenvalue weighted by atomic mass is 16.5. The van der Waals surface area contributed by atoms with Gasteiger partial charge in [-0.25, -0.2) is 4.98 Å². The van der Waals surface area contributed by atoms with Crippen LogP contribution in [0.5, 0.6) is 11.9 Å². The Morgan fingerprint density at radius 2 is 2.00 bits per heavy atom. The van der Waals surface area contributed by atoms with Crippen molar-refractivity contribution in [3.05, 3.63) is 29.8 Å². The maximum Gasteiger partial charge on any atom is 0.323 e. The summed E-state index contributed by atoms with van der Waals surface area (Å²) in [6.45, 7) is 5.98. The number of fused-ring (bicyclic) bond motifs is 1. The molecular weight excluding hydrogens is 346 g/mol. The zero-order valence-corrected chi connectivity index (χ0v) is 15.6. The van der Waals surface area contributed by atoms with Crippen LogP contribution in [-0.2, 0) is 4.74 Å². The third-order valence-electron chi connectivity index (χ3n) is 4.35. The van der Waals surface area contributed by atoms with E-state index < -0.39 is 0 Å². The van der Waals surface area contributed by atoms with Crippen LogP contribution in [0.4, 0.5) is 0 Å². The van der Waals surface area contributed by atoms with Crippen molar-refractivity contribution in [2.45, 2.75) is 39.2 Å². The maximum absolute atomic E-state index is 5.95. The van der Waals surface area contributed by atoms with E-state index in [9.17, 15) is 0 Å². The molecule has 2 aromatic heterocycles. The van der Waals surface area contributed by atoms with Crippen molar-refractivity contribution in [1.82, 2.24) is 15.0 Å². The standard InChI is InChI=1S/C20H23N3O4/c1-3-9-25-18-16-19(23-20(22-18)26-15-7-10-24-11-8-15)27-17(21-16)14-6-4-5-13(2)12-14/h4-6,12,15H,3,7-11H2,1-2H3. The lowest BCUT2D eigenvalue weighted by molar-refractivity contribution is 0.0215. The van der Waals surface area contributed by atoms with Gasteiger partial charge in [-0.05, 0) is 25.5 Å². The number of nitrogens with zero attached hydrogens (tertiary/aromatic N) is 3. The van der Waals surface area contributed by atoms with Gasteiger partial charge in [-0.3, -0.25) is 0 Å². The van der Waals surface area contributed by atoms with E-state index in [4.69, 9.17) is 18.6 Å². The lowest BCUT2D eigenvalue weighted by Gasteiger charge is -2.22. The topological polar surface area (TPSA) is 79.5 Å². The second-order valence-electron chi connectivity index (χ2n) is 6.63. The van der Waals surface area contributed by atoms with E-state index in [0.29, 0.717) is 42.8 Å². The fourth-order valence-corrected chi connectivity index (χ4v) is 2.98. The van der Waals surface area contributed by atoms with Crippen LogP contribution in [0.3, 0.4) is 0 Å². The van der Waals surface area contributed by atoms with Crippen molar-refractivity contribution in [1.29, 1.82) is 0 Å². The lowest BCUT2D eigenvalue weighted by Crippen LogP contribution is -2.26. The van der Waals surface area contributed by atoms with Gasteiger partial charge in [0, 0.05) is 18.4 Å². The number of rotatable bonds is 6. The minimum absolute atomic E-state index is 0.0365.